The molecule has 1 aromatic heterocycles. The zero-order valence-electron chi connectivity index (χ0n) is 14.2. The highest BCUT2D eigenvalue weighted by atomic mass is 16.5. The second kappa shape index (κ2) is 6.86. The number of aryl methyl sites for hydroxylation is 2. The molecule has 0 saturated heterocycles. The molecule has 1 aliphatic heterocycles. The summed E-state index contributed by atoms with van der Waals surface area (Å²) in [5, 5.41) is 0. The number of carbonyl (C=O) groups is 1. The maximum absolute atomic E-state index is 12.3. The van der Waals surface area contributed by atoms with Crippen molar-refractivity contribution in [1.29, 1.82) is 0 Å². The minimum absolute atomic E-state index is 0.0728. The van der Waals surface area contributed by atoms with E-state index in [0.717, 1.165) is 17.1 Å². The maximum Gasteiger partial charge on any atom is 0.228 e. The van der Waals surface area contributed by atoms with E-state index in [9.17, 15) is 4.79 Å². The number of rotatable bonds is 5. The molecule has 0 unspecified atom stereocenters. The van der Waals surface area contributed by atoms with Crippen LogP contribution in [0.1, 0.15) is 23.5 Å². The maximum atomic E-state index is 12.3. The van der Waals surface area contributed by atoms with E-state index in [0.29, 0.717) is 43.3 Å². The Morgan fingerprint density at radius 1 is 1.12 bits per heavy atom. The van der Waals surface area contributed by atoms with Crippen LogP contribution in [0.2, 0.25) is 0 Å². The zero-order valence-corrected chi connectivity index (χ0v) is 14.2. The van der Waals surface area contributed by atoms with Crippen LogP contribution in [0.5, 0.6) is 11.5 Å². The minimum Gasteiger partial charge on any atom is -0.493 e. The van der Waals surface area contributed by atoms with E-state index in [4.69, 9.17) is 9.47 Å². The summed E-state index contributed by atoms with van der Waals surface area (Å²) in [5.74, 6) is 2.82. The lowest BCUT2D eigenvalue weighted by Gasteiger charge is -2.29. The van der Waals surface area contributed by atoms with Crippen LogP contribution >= 0.6 is 0 Å². The molecule has 24 heavy (non-hydrogen) atoms. The summed E-state index contributed by atoms with van der Waals surface area (Å²) in [7, 11) is 1.61. The molecule has 2 heterocycles. The normalized spacial score (nSPS) is 13.6. The molecule has 2 aromatic rings. The molecule has 6 nitrogen and oxygen atoms in total. The number of carbonyl (C=O) groups excluding carboxylic acids is 1. The fraction of sp³-hybridized carbons (Fsp3) is 0.389. The minimum atomic E-state index is 0.0728. The van der Waals surface area contributed by atoms with Gasteiger partial charge in [-0.2, -0.15) is 0 Å². The summed E-state index contributed by atoms with van der Waals surface area (Å²) < 4.78 is 11.1. The number of nitrogens with zero attached hydrogens (tertiary/aromatic N) is 3. The van der Waals surface area contributed by atoms with Gasteiger partial charge in [0.1, 0.15) is 18.2 Å². The van der Waals surface area contributed by atoms with E-state index in [1.54, 1.807) is 12.0 Å². The van der Waals surface area contributed by atoms with E-state index >= 15 is 0 Å². The first-order valence-corrected chi connectivity index (χ1v) is 8.00. The van der Waals surface area contributed by atoms with E-state index in [1.165, 1.54) is 0 Å². The summed E-state index contributed by atoms with van der Waals surface area (Å²) in [5.41, 5.74) is 2.00. The van der Waals surface area contributed by atoms with Crippen molar-refractivity contribution in [3.63, 3.8) is 0 Å². The van der Waals surface area contributed by atoms with Crippen molar-refractivity contribution in [3.05, 3.63) is 41.3 Å². The number of methoxy groups -OCH3 is 1. The van der Waals surface area contributed by atoms with E-state index in [1.807, 2.05) is 38.1 Å². The molecule has 0 bridgehead atoms. The van der Waals surface area contributed by atoms with Gasteiger partial charge in [0, 0.05) is 17.7 Å². The van der Waals surface area contributed by atoms with Crippen LogP contribution in [0.4, 0.5) is 5.82 Å². The molecule has 126 valence electrons. The van der Waals surface area contributed by atoms with Gasteiger partial charge in [0.25, 0.3) is 0 Å². The van der Waals surface area contributed by atoms with Crippen molar-refractivity contribution >= 4 is 11.7 Å². The van der Waals surface area contributed by atoms with Gasteiger partial charge in [0.2, 0.25) is 5.91 Å². The Labute approximate surface area is 141 Å². The molecule has 0 N–H and O–H groups in total. The number of ether oxygens (including phenoxy) is 2. The van der Waals surface area contributed by atoms with Gasteiger partial charge in [-0.3, -0.25) is 9.69 Å². The van der Waals surface area contributed by atoms with Crippen molar-refractivity contribution in [2.45, 2.75) is 26.7 Å². The lowest BCUT2D eigenvalue weighted by atomic mass is 10.0. The third-order valence-electron chi connectivity index (χ3n) is 4.09. The van der Waals surface area contributed by atoms with Crippen LogP contribution in [-0.4, -0.2) is 36.1 Å². The van der Waals surface area contributed by atoms with Gasteiger partial charge in [0.15, 0.2) is 11.5 Å². The smallest absolute Gasteiger partial charge is 0.228 e. The zero-order chi connectivity index (χ0) is 17.1. The predicted molar refractivity (Wildman–Crippen MR) is 90.7 cm³/mol. The highest BCUT2D eigenvalue weighted by Gasteiger charge is 2.27. The summed E-state index contributed by atoms with van der Waals surface area (Å²) in [6.07, 6.45) is 1.18. The molecule has 0 spiro atoms. The number of hydrogen-bond acceptors (Lipinski definition) is 5. The van der Waals surface area contributed by atoms with Crippen molar-refractivity contribution in [2.75, 3.05) is 25.2 Å². The lowest BCUT2D eigenvalue weighted by molar-refractivity contribution is -0.119. The van der Waals surface area contributed by atoms with Gasteiger partial charge in [-0.25, -0.2) is 9.97 Å². The Morgan fingerprint density at radius 2 is 1.88 bits per heavy atom. The molecule has 0 saturated carbocycles. The molecule has 1 aliphatic rings. The first-order chi connectivity index (χ1) is 11.6. The molecule has 1 aromatic carbocycles. The molecule has 0 radical (unpaired) electrons. The molecule has 0 aliphatic carbocycles. The second-order valence-electron chi connectivity index (χ2n) is 5.70. The Hall–Kier alpha value is -2.63. The van der Waals surface area contributed by atoms with Crippen LogP contribution in [-0.2, 0) is 11.2 Å². The van der Waals surface area contributed by atoms with E-state index in [-0.39, 0.29) is 5.91 Å². The van der Waals surface area contributed by atoms with Gasteiger partial charge >= 0.3 is 0 Å². The SMILES string of the molecule is COc1ccccc1OCCN1C(=O)CCc2c(C)nc(C)nc21. The van der Waals surface area contributed by atoms with Gasteiger partial charge in [-0.05, 0) is 32.4 Å². The fourth-order valence-electron chi connectivity index (χ4n) is 2.93. The summed E-state index contributed by atoms with van der Waals surface area (Å²) in [4.78, 5) is 22.9. The van der Waals surface area contributed by atoms with Crippen LogP contribution in [0.15, 0.2) is 24.3 Å². The van der Waals surface area contributed by atoms with Gasteiger partial charge in [-0.15, -0.1) is 0 Å². The number of benzene rings is 1. The Balaban J connectivity index is 1.75. The Kier molecular flexibility index (Phi) is 4.64. The van der Waals surface area contributed by atoms with Gasteiger partial charge in [-0.1, -0.05) is 12.1 Å². The molecular weight excluding hydrogens is 306 g/mol. The molecule has 1 amide bonds. The monoisotopic (exact) mass is 327 g/mol. The highest BCUT2D eigenvalue weighted by molar-refractivity contribution is 5.95. The molecule has 0 fully saturated rings. The molecule has 6 heteroatoms. The van der Waals surface area contributed by atoms with Crippen LogP contribution in [0.25, 0.3) is 0 Å². The average Bonchev–Trinajstić information content (AvgIpc) is 2.57. The summed E-state index contributed by atoms with van der Waals surface area (Å²) in [6.45, 7) is 4.62. The van der Waals surface area contributed by atoms with Crippen molar-refractivity contribution in [2.24, 2.45) is 0 Å². The van der Waals surface area contributed by atoms with Crippen molar-refractivity contribution < 1.29 is 14.3 Å². The third kappa shape index (κ3) is 3.18. The quantitative estimate of drug-likeness (QED) is 0.844. The van der Waals surface area contributed by atoms with Crippen LogP contribution < -0.4 is 14.4 Å². The van der Waals surface area contributed by atoms with Crippen molar-refractivity contribution in [1.82, 2.24) is 9.97 Å². The highest BCUT2D eigenvalue weighted by Crippen LogP contribution is 2.28. The number of amides is 1. The first-order valence-electron chi connectivity index (χ1n) is 8.00. The molecular formula is C18H21N3O3. The third-order valence-corrected chi connectivity index (χ3v) is 4.09. The number of aromatic nitrogens is 2. The van der Waals surface area contributed by atoms with Gasteiger partial charge in [0.05, 0.1) is 13.7 Å². The number of anilines is 1. The van der Waals surface area contributed by atoms with Crippen LogP contribution in [0, 0.1) is 13.8 Å². The summed E-state index contributed by atoms with van der Waals surface area (Å²) >= 11 is 0. The number of fused-ring (bicyclic) bond motifs is 1. The second-order valence-corrected chi connectivity index (χ2v) is 5.70. The molecule has 3 rings (SSSR count). The Morgan fingerprint density at radius 3 is 2.62 bits per heavy atom. The summed E-state index contributed by atoms with van der Waals surface area (Å²) in [6, 6.07) is 7.47. The lowest BCUT2D eigenvalue weighted by Crippen LogP contribution is -2.39. The molecule has 0 atom stereocenters. The Bertz CT molecular complexity index is 761. The fourth-order valence-corrected chi connectivity index (χ4v) is 2.93. The number of para-hydroxylation sites is 2. The van der Waals surface area contributed by atoms with Gasteiger partial charge < -0.3 is 9.47 Å². The average molecular weight is 327 g/mol. The largest absolute Gasteiger partial charge is 0.493 e. The number of hydrogen-bond donors (Lipinski definition) is 0. The standard InChI is InChI=1S/C18H21N3O3/c1-12-14-8-9-17(22)21(18(14)20-13(2)19-12)10-11-24-16-7-5-4-6-15(16)23-3/h4-7H,8-11H2,1-3H3. The van der Waals surface area contributed by atoms with E-state index < -0.39 is 0 Å². The van der Waals surface area contributed by atoms with Crippen molar-refractivity contribution in [3.8, 4) is 11.5 Å². The topological polar surface area (TPSA) is 64.6 Å². The predicted octanol–water partition coefficient (Wildman–Crippen LogP) is 2.46. The van der Waals surface area contributed by atoms with Crippen LogP contribution in [0.3, 0.4) is 0 Å². The first kappa shape index (κ1) is 16.2. The van der Waals surface area contributed by atoms with E-state index in [2.05, 4.69) is 9.97 Å².